The van der Waals surface area contributed by atoms with Gasteiger partial charge < -0.3 is 10.2 Å². The Morgan fingerprint density at radius 2 is 2.38 bits per heavy atom. The van der Waals surface area contributed by atoms with E-state index in [4.69, 9.17) is 0 Å². The SMILES string of the molecule is CN(CCNCc1cc(Br)cs1)C1CCC1. The molecule has 1 N–H and O–H groups in total. The van der Waals surface area contributed by atoms with Crippen LogP contribution in [0.3, 0.4) is 0 Å². The minimum absolute atomic E-state index is 0.859. The van der Waals surface area contributed by atoms with Crippen LogP contribution in [0.15, 0.2) is 15.9 Å². The van der Waals surface area contributed by atoms with Crippen molar-refractivity contribution in [2.45, 2.75) is 31.8 Å². The Balaban J connectivity index is 1.57. The van der Waals surface area contributed by atoms with Crippen LogP contribution >= 0.6 is 27.3 Å². The van der Waals surface area contributed by atoms with Crippen LogP contribution in [0.4, 0.5) is 0 Å². The van der Waals surface area contributed by atoms with E-state index in [2.05, 4.69) is 44.6 Å². The maximum atomic E-state index is 3.50. The molecule has 1 aliphatic carbocycles. The fourth-order valence-electron chi connectivity index (χ4n) is 1.92. The number of halogens is 1. The van der Waals surface area contributed by atoms with Crippen LogP contribution in [0.5, 0.6) is 0 Å². The summed E-state index contributed by atoms with van der Waals surface area (Å²) >= 11 is 5.28. The van der Waals surface area contributed by atoms with Crippen molar-refractivity contribution < 1.29 is 0 Å². The predicted molar refractivity (Wildman–Crippen MR) is 74.0 cm³/mol. The van der Waals surface area contributed by atoms with Crippen LogP contribution in [0.1, 0.15) is 24.1 Å². The molecule has 0 amide bonds. The van der Waals surface area contributed by atoms with E-state index in [1.165, 1.54) is 28.6 Å². The quantitative estimate of drug-likeness (QED) is 0.813. The van der Waals surface area contributed by atoms with Gasteiger partial charge in [0.25, 0.3) is 0 Å². The lowest BCUT2D eigenvalue weighted by molar-refractivity contribution is 0.160. The molecule has 0 aliphatic heterocycles. The van der Waals surface area contributed by atoms with Gasteiger partial charge in [-0.25, -0.2) is 0 Å². The fraction of sp³-hybridized carbons (Fsp3) is 0.667. The summed E-state index contributed by atoms with van der Waals surface area (Å²) in [5, 5.41) is 5.63. The number of hydrogen-bond donors (Lipinski definition) is 1. The van der Waals surface area contributed by atoms with Crippen LogP contribution < -0.4 is 5.32 Å². The normalized spacial score (nSPS) is 16.7. The van der Waals surface area contributed by atoms with E-state index in [0.717, 1.165) is 25.7 Å². The molecule has 0 saturated heterocycles. The molecule has 1 aliphatic rings. The second-order valence-corrected chi connectivity index (χ2v) is 6.38. The molecule has 1 heterocycles. The molecule has 4 heteroatoms. The lowest BCUT2D eigenvalue weighted by Crippen LogP contribution is -2.40. The molecule has 0 radical (unpaired) electrons. The second kappa shape index (κ2) is 6.15. The highest BCUT2D eigenvalue weighted by Gasteiger charge is 2.20. The predicted octanol–water partition coefficient (Wildman–Crippen LogP) is 3.08. The number of likely N-dealkylation sites (N-methyl/N-ethyl adjacent to an activating group) is 1. The van der Waals surface area contributed by atoms with Gasteiger partial charge in [-0.2, -0.15) is 0 Å². The third kappa shape index (κ3) is 3.55. The monoisotopic (exact) mass is 302 g/mol. The van der Waals surface area contributed by atoms with E-state index < -0.39 is 0 Å². The molecule has 0 atom stereocenters. The first-order valence-corrected chi connectivity index (χ1v) is 7.57. The minimum atomic E-state index is 0.859. The standard InChI is InChI=1S/C12H19BrN2S/c1-15(11-3-2-4-11)6-5-14-8-12-7-10(13)9-16-12/h7,9,11,14H,2-6,8H2,1H3. The highest BCUT2D eigenvalue weighted by Crippen LogP contribution is 2.23. The summed E-state index contributed by atoms with van der Waals surface area (Å²) in [5.41, 5.74) is 0. The Kier molecular flexibility index (Phi) is 4.82. The van der Waals surface area contributed by atoms with Crippen LogP contribution in [-0.4, -0.2) is 31.1 Å². The molecule has 1 aromatic rings. The third-order valence-electron chi connectivity index (χ3n) is 3.26. The van der Waals surface area contributed by atoms with Crippen LogP contribution in [0.2, 0.25) is 0 Å². The van der Waals surface area contributed by atoms with Crippen LogP contribution in [0.25, 0.3) is 0 Å². The van der Waals surface area contributed by atoms with Crippen molar-refractivity contribution in [3.05, 3.63) is 20.8 Å². The molecule has 0 aromatic carbocycles. The summed E-state index contributed by atoms with van der Waals surface area (Å²) in [6, 6.07) is 3.05. The summed E-state index contributed by atoms with van der Waals surface area (Å²) < 4.78 is 1.20. The van der Waals surface area contributed by atoms with Gasteiger partial charge in [0.15, 0.2) is 0 Å². The van der Waals surface area contributed by atoms with E-state index in [9.17, 15) is 0 Å². The van der Waals surface area contributed by atoms with E-state index >= 15 is 0 Å². The van der Waals surface area contributed by atoms with Crippen LogP contribution in [-0.2, 0) is 6.54 Å². The molecule has 16 heavy (non-hydrogen) atoms. The molecule has 90 valence electrons. The number of thiophene rings is 1. The van der Waals surface area contributed by atoms with Crippen molar-refractivity contribution in [3.8, 4) is 0 Å². The molecule has 1 fully saturated rings. The lowest BCUT2D eigenvalue weighted by atomic mass is 9.92. The average molecular weight is 303 g/mol. The first-order chi connectivity index (χ1) is 7.75. The van der Waals surface area contributed by atoms with E-state index in [1.807, 2.05) is 11.3 Å². The molecule has 1 saturated carbocycles. The molecule has 2 nitrogen and oxygen atoms in total. The summed E-state index contributed by atoms with van der Waals surface area (Å²) in [6.45, 7) is 3.24. The van der Waals surface area contributed by atoms with Gasteiger partial charge in [-0.15, -0.1) is 11.3 Å². The number of nitrogens with zero attached hydrogens (tertiary/aromatic N) is 1. The Bertz CT molecular complexity index is 323. The average Bonchev–Trinajstić information content (AvgIpc) is 2.56. The summed E-state index contributed by atoms with van der Waals surface area (Å²) in [5.74, 6) is 0. The van der Waals surface area contributed by atoms with Gasteiger partial charge in [-0.1, -0.05) is 6.42 Å². The van der Waals surface area contributed by atoms with Gasteiger partial charge in [-0.3, -0.25) is 0 Å². The Labute approximate surface area is 110 Å². The minimum Gasteiger partial charge on any atom is -0.311 e. The van der Waals surface area contributed by atoms with E-state index in [-0.39, 0.29) is 0 Å². The second-order valence-electron chi connectivity index (χ2n) is 4.47. The highest BCUT2D eigenvalue weighted by molar-refractivity contribution is 9.10. The summed E-state index contributed by atoms with van der Waals surface area (Å²) in [7, 11) is 2.24. The number of nitrogens with one attached hydrogen (secondary N) is 1. The molecule has 2 rings (SSSR count). The Morgan fingerprint density at radius 3 is 2.94 bits per heavy atom. The maximum absolute atomic E-state index is 3.50. The van der Waals surface area contributed by atoms with Crippen molar-refractivity contribution in [3.63, 3.8) is 0 Å². The zero-order valence-corrected chi connectivity index (χ0v) is 12.1. The fourth-order valence-corrected chi connectivity index (χ4v) is 3.34. The first-order valence-electron chi connectivity index (χ1n) is 5.89. The Hall–Kier alpha value is 0.1000. The van der Waals surface area contributed by atoms with Crippen molar-refractivity contribution in [1.82, 2.24) is 10.2 Å². The van der Waals surface area contributed by atoms with Gasteiger partial charge in [0.1, 0.15) is 0 Å². The van der Waals surface area contributed by atoms with Gasteiger partial charge >= 0.3 is 0 Å². The largest absolute Gasteiger partial charge is 0.311 e. The third-order valence-corrected chi connectivity index (χ3v) is 4.96. The van der Waals surface area contributed by atoms with Crippen molar-refractivity contribution >= 4 is 27.3 Å². The molecule has 0 bridgehead atoms. The molecule has 0 unspecified atom stereocenters. The zero-order chi connectivity index (χ0) is 11.4. The van der Waals surface area contributed by atoms with Gasteiger partial charge in [0.05, 0.1) is 0 Å². The lowest BCUT2D eigenvalue weighted by Gasteiger charge is -2.34. The van der Waals surface area contributed by atoms with Gasteiger partial charge in [-0.05, 0) is 41.9 Å². The molecule has 1 aromatic heterocycles. The van der Waals surface area contributed by atoms with Crippen LogP contribution in [0, 0.1) is 0 Å². The van der Waals surface area contributed by atoms with Gasteiger partial charge in [0.2, 0.25) is 0 Å². The summed E-state index contributed by atoms with van der Waals surface area (Å²) in [4.78, 5) is 3.89. The highest BCUT2D eigenvalue weighted by atomic mass is 79.9. The number of hydrogen-bond acceptors (Lipinski definition) is 3. The smallest absolute Gasteiger partial charge is 0.0300 e. The van der Waals surface area contributed by atoms with E-state index in [0.29, 0.717) is 0 Å². The molecule has 0 spiro atoms. The summed E-state index contributed by atoms with van der Waals surface area (Å²) in [6.07, 6.45) is 4.22. The van der Waals surface area contributed by atoms with E-state index in [1.54, 1.807) is 0 Å². The van der Waals surface area contributed by atoms with Gasteiger partial charge in [0, 0.05) is 40.4 Å². The topological polar surface area (TPSA) is 15.3 Å². The zero-order valence-electron chi connectivity index (χ0n) is 9.71. The maximum Gasteiger partial charge on any atom is 0.0300 e. The molecular formula is C12H19BrN2S. The first kappa shape index (κ1) is 12.6. The van der Waals surface area contributed by atoms with Crippen molar-refractivity contribution in [1.29, 1.82) is 0 Å². The van der Waals surface area contributed by atoms with Crippen molar-refractivity contribution in [2.24, 2.45) is 0 Å². The van der Waals surface area contributed by atoms with Crippen molar-refractivity contribution in [2.75, 3.05) is 20.1 Å². The Morgan fingerprint density at radius 1 is 1.56 bits per heavy atom. The number of rotatable bonds is 6. The molecular weight excluding hydrogens is 284 g/mol.